The van der Waals surface area contributed by atoms with Crippen molar-refractivity contribution in [2.45, 2.75) is 52.7 Å². The molecule has 0 saturated heterocycles. The highest BCUT2D eigenvalue weighted by Crippen LogP contribution is 2.47. The standard InChI is InChI=1S/C13H27NO2/c1-12(2)8-10(14)9-13(3,4)11(12)16-7-6-15-5/h10-11H,6-9,14H2,1-5H3. The maximum atomic E-state index is 6.12. The fraction of sp³-hybridized carbons (Fsp3) is 1.00. The summed E-state index contributed by atoms with van der Waals surface area (Å²) in [6.07, 6.45) is 2.33. The fourth-order valence-electron chi connectivity index (χ4n) is 3.40. The SMILES string of the molecule is COCCOC1C(C)(C)CC(N)CC1(C)C. The van der Waals surface area contributed by atoms with Gasteiger partial charge in [-0.3, -0.25) is 0 Å². The third kappa shape index (κ3) is 3.19. The highest BCUT2D eigenvalue weighted by atomic mass is 16.5. The second kappa shape index (κ2) is 5.03. The van der Waals surface area contributed by atoms with Gasteiger partial charge in [0, 0.05) is 13.2 Å². The van der Waals surface area contributed by atoms with Crippen molar-refractivity contribution in [3.63, 3.8) is 0 Å². The number of methoxy groups -OCH3 is 1. The maximum absolute atomic E-state index is 6.12. The molecule has 3 nitrogen and oxygen atoms in total. The van der Waals surface area contributed by atoms with Crippen LogP contribution in [0.25, 0.3) is 0 Å². The van der Waals surface area contributed by atoms with Gasteiger partial charge >= 0.3 is 0 Å². The minimum Gasteiger partial charge on any atom is -0.382 e. The van der Waals surface area contributed by atoms with Crippen molar-refractivity contribution in [1.82, 2.24) is 0 Å². The van der Waals surface area contributed by atoms with Gasteiger partial charge in [-0.15, -0.1) is 0 Å². The molecule has 96 valence electrons. The minimum absolute atomic E-state index is 0.148. The molecular formula is C13H27NO2. The first kappa shape index (κ1) is 13.9. The van der Waals surface area contributed by atoms with Gasteiger partial charge in [0.2, 0.25) is 0 Å². The Balaban J connectivity index is 2.68. The average molecular weight is 229 g/mol. The first-order valence-corrected chi connectivity index (χ1v) is 6.16. The van der Waals surface area contributed by atoms with Gasteiger partial charge in [0.25, 0.3) is 0 Å². The van der Waals surface area contributed by atoms with Crippen LogP contribution in [0.5, 0.6) is 0 Å². The summed E-state index contributed by atoms with van der Waals surface area (Å²) >= 11 is 0. The molecule has 1 aliphatic carbocycles. The molecule has 1 saturated carbocycles. The third-order valence-electron chi connectivity index (χ3n) is 3.57. The van der Waals surface area contributed by atoms with E-state index in [-0.39, 0.29) is 16.9 Å². The van der Waals surface area contributed by atoms with Gasteiger partial charge in [0.15, 0.2) is 0 Å². The van der Waals surface area contributed by atoms with Crippen molar-refractivity contribution >= 4 is 0 Å². The van der Waals surface area contributed by atoms with E-state index >= 15 is 0 Å². The van der Waals surface area contributed by atoms with E-state index in [1.807, 2.05) is 0 Å². The summed E-state index contributed by atoms with van der Waals surface area (Å²) in [6.45, 7) is 10.4. The number of hydrogen-bond acceptors (Lipinski definition) is 3. The highest BCUT2D eigenvalue weighted by Gasteiger charge is 2.47. The van der Waals surface area contributed by atoms with Crippen LogP contribution in [0.2, 0.25) is 0 Å². The van der Waals surface area contributed by atoms with E-state index in [0.29, 0.717) is 19.3 Å². The normalized spacial score (nSPS) is 32.6. The molecule has 16 heavy (non-hydrogen) atoms. The largest absolute Gasteiger partial charge is 0.382 e. The van der Waals surface area contributed by atoms with Crippen LogP contribution in [0, 0.1) is 10.8 Å². The van der Waals surface area contributed by atoms with Crippen LogP contribution in [0.15, 0.2) is 0 Å². The molecular weight excluding hydrogens is 202 g/mol. The Morgan fingerprint density at radius 3 is 2.00 bits per heavy atom. The number of nitrogens with two attached hydrogens (primary N) is 1. The van der Waals surface area contributed by atoms with Crippen LogP contribution in [0.3, 0.4) is 0 Å². The van der Waals surface area contributed by atoms with Gasteiger partial charge in [0.05, 0.1) is 19.3 Å². The number of ether oxygens (including phenoxy) is 2. The topological polar surface area (TPSA) is 44.5 Å². The zero-order valence-corrected chi connectivity index (χ0v) is 11.4. The summed E-state index contributed by atoms with van der Waals surface area (Å²) in [5.74, 6) is 0. The van der Waals surface area contributed by atoms with Crippen LogP contribution in [-0.4, -0.2) is 32.5 Å². The molecule has 0 aromatic rings. The first-order chi connectivity index (χ1) is 7.29. The molecule has 0 unspecified atom stereocenters. The molecule has 0 amide bonds. The van der Waals surface area contributed by atoms with Crippen molar-refractivity contribution in [2.75, 3.05) is 20.3 Å². The van der Waals surface area contributed by atoms with E-state index in [1.54, 1.807) is 7.11 Å². The minimum atomic E-state index is 0.148. The highest BCUT2D eigenvalue weighted by molar-refractivity contribution is 4.99. The van der Waals surface area contributed by atoms with Crippen molar-refractivity contribution < 1.29 is 9.47 Å². The monoisotopic (exact) mass is 229 g/mol. The van der Waals surface area contributed by atoms with Crippen molar-refractivity contribution in [2.24, 2.45) is 16.6 Å². The number of hydrogen-bond donors (Lipinski definition) is 1. The van der Waals surface area contributed by atoms with Crippen LogP contribution < -0.4 is 5.73 Å². The molecule has 1 aliphatic rings. The molecule has 0 aliphatic heterocycles. The lowest BCUT2D eigenvalue weighted by Gasteiger charge is -2.50. The van der Waals surface area contributed by atoms with Crippen LogP contribution in [0.1, 0.15) is 40.5 Å². The lowest BCUT2D eigenvalue weighted by Crippen LogP contribution is -2.53. The zero-order valence-electron chi connectivity index (χ0n) is 11.4. The Labute approximate surface area is 99.7 Å². The molecule has 0 spiro atoms. The van der Waals surface area contributed by atoms with Crippen molar-refractivity contribution in [1.29, 1.82) is 0 Å². The van der Waals surface area contributed by atoms with Crippen LogP contribution >= 0.6 is 0 Å². The van der Waals surface area contributed by atoms with E-state index < -0.39 is 0 Å². The summed E-state index contributed by atoms with van der Waals surface area (Å²) < 4.78 is 11.1. The van der Waals surface area contributed by atoms with Gasteiger partial charge < -0.3 is 15.2 Å². The molecule has 0 radical (unpaired) electrons. The molecule has 0 atom stereocenters. The molecule has 3 heteroatoms. The lowest BCUT2D eigenvalue weighted by molar-refractivity contribution is -0.132. The van der Waals surface area contributed by atoms with Crippen LogP contribution in [-0.2, 0) is 9.47 Å². The van der Waals surface area contributed by atoms with Crippen molar-refractivity contribution in [3.05, 3.63) is 0 Å². The second-order valence-corrected chi connectivity index (χ2v) is 6.39. The van der Waals surface area contributed by atoms with E-state index in [2.05, 4.69) is 27.7 Å². The molecule has 0 aromatic carbocycles. The molecule has 2 N–H and O–H groups in total. The third-order valence-corrected chi connectivity index (χ3v) is 3.57. The zero-order chi connectivity index (χ0) is 12.4. The fourth-order valence-corrected chi connectivity index (χ4v) is 3.40. The predicted molar refractivity (Wildman–Crippen MR) is 66.4 cm³/mol. The average Bonchev–Trinajstić information content (AvgIpc) is 2.07. The first-order valence-electron chi connectivity index (χ1n) is 6.16. The quantitative estimate of drug-likeness (QED) is 0.752. The summed E-state index contributed by atoms with van der Waals surface area (Å²) in [7, 11) is 1.70. The predicted octanol–water partition coefficient (Wildman–Crippen LogP) is 2.19. The van der Waals surface area contributed by atoms with Crippen LogP contribution in [0.4, 0.5) is 0 Å². The van der Waals surface area contributed by atoms with E-state index in [9.17, 15) is 0 Å². The smallest absolute Gasteiger partial charge is 0.0704 e. The Kier molecular flexibility index (Phi) is 4.38. The maximum Gasteiger partial charge on any atom is 0.0704 e. The Morgan fingerprint density at radius 1 is 1.06 bits per heavy atom. The summed E-state index contributed by atoms with van der Waals surface area (Å²) in [5, 5.41) is 0. The Hall–Kier alpha value is -0.120. The Morgan fingerprint density at radius 2 is 1.56 bits per heavy atom. The van der Waals surface area contributed by atoms with Gasteiger partial charge in [0.1, 0.15) is 0 Å². The summed E-state index contributed by atoms with van der Waals surface area (Å²) in [6, 6.07) is 0.298. The second-order valence-electron chi connectivity index (χ2n) is 6.39. The molecule has 0 heterocycles. The summed E-state index contributed by atoms with van der Waals surface area (Å²) in [5.41, 5.74) is 6.42. The molecule has 1 fully saturated rings. The molecule has 0 aromatic heterocycles. The van der Waals surface area contributed by atoms with Gasteiger partial charge in [-0.05, 0) is 23.7 Å². The van der Waals surface area contributed by atoms with Gasteiger partial charge in [-0.1, -0.05) is 27.7 Å². The Bertz CT molecular complexity index is 208. The summed E-state index contributed by atoms with van der Waals surface area (Å²) in [4.78, 5) is 0. The van der Waals surface area contributed by atoms with Gasteiger partial charge in [-0.2, -0.15) is 0 Å². The van der Waals surface area contributed by atoms with E-state index in [0.717, 1.165) is 12.8 Å². The lowest BCUT2D eigenvalue weighted by atomic mass is 9.61. The van der Waals surface area contributed by atoms with Crippen molar-refractivity contribution in [3.8, 4) is 0 Å². The van der Waals surface area contributed by atoms with E-state index in [1.165, 1.54) is 0 Å². The number of rotatable bonds is 4. The van der Waals surface area contributed by atoms with E-state index in [4.69, 9.17) is 15.2 Å². The molecule has 0 bridgehead atoms. The molecule has 1 rings (SSSR count). The van der Waals surface area contributed by atoms with Gasteiger partial charge in [-0.25, -0.2) is 0 Å².